The van der Waals surface area contributed by atoms with E-state index < -0.39 is 108 Å². The Morgan fingerprint density at radius 2 is 1.58 bits per heavy atom. The number of nitrogens with zero attached hydrogens (tertiary/aromatic N) is 2. The maximum atomic E-state index is 14.6. The molecule has 362 valence electrons. The lowest BCUT2D eigenvalue weighted by Gasteiger charge is -2.48. The predicted octanol–water partition coefficient (Wildman–Crippen LogP) is 4.66. The molecule has 3 aliphatic rings. The summed E-state index contributed by atoms with van der Waals surface area (Å²) >= 11 is 0. The highest BCUT2D eigenvalue weighted by Gasteiger charge is 2.53. The molecule has 0 unspecified atom stereocenters. The second-order valence-corrected chi connectivity index (χ2v) is 19.8. The summed E-state index contributed by atoms with van der Waals surface area (Å²) in [6.07, 6.45) is -9.82. The van der Waals surface area contributed by atoms with Gasteiger partial charge >= 0.3 is 12.0 Å². The maximum Gasteiger partial charge on any atom is 0.322 e. The van der Waals surface area contributed by atoms with Crippen LogP contribution in [0.5, 0.6) is 0 Å². The first kappa shape index (κ1) is 52.0. The third kappa shape index (κ3) is 11.2. The lowest BCUT2D eigenvalue weighted by molar-refractivity contribution is -0.318. The Balaban J connectivity index is 1.61. The molecule has 2 aromatic rings. The van der Waals surface area contributed by atoms with Crippen molar-refractivity contribution in [1.29, 1.82) is 0 Å². The Morgan fingerprint density at radius 1 is 0.922 bits per heavy atom. The fourth-order valence-corrected chi connectivity index (χ4v) is 10.3. The molecule has 0 bridgehead atoms. The van der Waals surface area contributed by atoms with Crippen LogP contribution in [-0.2, 0) is 33.2 Å². The number of benzene rings is 2. The van der Waals surface area contributed by atoms with Gasteiger partial charge in [-0.15, -0.1) is 0 Å². The quantitative estimate of drug-likeness (QED) is 0.199. The molecule has 3 aliphatic heterocycles. The average molecular weight is 904 g/mol. The Kier molecular flexibility index (Phi) is 17.0. The van der Waals surface area contributed by atoms with Gasteiger partial charge in [0.05, 0.1) is 53.3 Å². The second kappa shape index (κ2) is 20.9. The SMILES string of the molecule is CC[C@H]1OC(=O)[C@H](C)[C@@H](O[C@H]2C[C@@](C)(OC)[C@@H](O)[C@H](C)O2)[C@H](C)[C@@H](O[C@@H]2O[C@H](C)C[C@H](N(C)C)[C@H]2O)[C@](C)(O)C[C@@H](C)CN(C(=O)Nc2cccc3ccccc23)[C@H](C)[C@@H](O)[C@]1(C)O. The van der Waals surface area contributed by atoms with Gasteiger partial charge in [-0.2, -0.15) is 0 Å². The largest absolute Gasteiger partial charge is 0.459 e. The number of fused-ring (bicyclic) bond motifs is 1. The molecule has 0 spiro atoms. The van der Waals surface area contributed by atoms with Crippen LogP contribution in [0, 0.1) is 17.8 Å². The van der Waals surface area contributed by atoms with Gasteiger partial charge in [-0.3, -0.25) is 4.79 Å². The smallest absolute Gasteiger partial charge is 0.322 e. The summed E-state index contributed by atoms with van der Waals surface area (Å²) < 4.78 is 37.9. The standard InChI is InChI=1S/C48H77N3O13/c1-14-36-48(10,58)40(53)30(6)51(45(56)49-34-21-17-19-32-18-15-16-20-33(32)34)25-26(2)23-46(8,57)42(64-44-38(52)35(50(11)12)22-27(3)60-44)28(4)39(29(5)43(55)62-36)63-37-24-47(9,59-13)41(54)31(7)61-37/h15-21,26-31,35-42,44,52-54,57-58H,14,22-25H2,1-13H3,(H,49,56)/t26-,27-,28+,29-,30-,31+,35+,36-,37+,38-,39+,40-,41+,42-,44+,46-,47-,48-/m1/s1. The number of hydrogen-bond acceptors (Lipinski definition) is 14. The highest BCUT2D eigenvalue weighted by molar-refractivity contribution is 6.01. The third-order valence-corrected chi connectivity index (χ3v) is 14.2. The highest BCUT2D eigenvalue weighted by Crippen LogP contribution is 2.40. The molecule has 5 rings (SSSR count). The van der Waals surface area contributed by atoms with E-state index in [4.69, 9.17) is 28.4 Å². The van der Waals surface area contributed by atoms with Crippen molar-refractivity contribution in [2.24, 2.45) is 17.8 Å². The van der Waals surface area contributed by atoms with Crippen molar-refractivity contribution < 1.29 is 63.5 Å². The van der Waals surface area contributed by atoms with Gasteiger partial charge in [0.1, 0.15) is 30.0 Å². The van der Waals surface area contributed by atoms with E-state index in [-0.39, 0.29) is 38.0 Å². The van der Waals surface area contributed by atoms with Crippen molar-refractivity contribution in [3.8, 4) is 0 Å². The van der Waals surface area contributed by atoms with Crippen molar-refractivity contribution in [3.05, 3.63) is 42.5 Å². The molecule has 3 heterocycles. The molecule has 0 saturated carbocycles. The van der Waals surface area contributed by atoms with Crippen LogP contribution < -0.4 is 5.32 Å². The number of amides is 2. The van der Waals surface area contributed by atoms with Crippen molar-refractivity contribution in [1.82, 2.24) is 9.80 Å². The van der Waals surface area contributed by atoms with Crippen LogP contribution in [0.1, 0.15) is 94.9 Å². The van der Waals surface area contributed by atoms with E-state index in [1.165, 1.54) is 18.9 Å². The minimum Gasteiger partial charge on any atom is -0.459 e. The number of nitrogens with one attached hydrogen (secondary N) is 1. The lowest BCUT2D eigenvalue weighted by Crippen LogP contribution is -2.61. The number of rotatable bonds is 8. The zero-order valence-corrected chi connectivity index (χ0v) is 40.1. The van der Waals surface area contributed by atoms with E-state index in [1.807, 2.05) is 69.2 Å². The summed E-state index contributed by atoms with van der Waals surface area (Å²) in [6, 6.07) is 11.2. The number of carbonyl (C=O) groups is 2. The Hall–Kier alpha value is -3.00. The molecule has 3 saturated heterocycles. The first-order valence-electron chi connectivity index (χ1n) is 22.9. The van der Waals surface area contributed by atoms with Gasteiger partial charge in [0.15, 0.2) is 12.6 Å². The van der Waals surface area contributed by atoms with Gasteiger partial charge in [0.25, 0.3) is 0 Å². The van der Waals surface area contributed by atoms with E-state index in [1.54, 1.807) is 54.5 Å². The fourth-order valence-electron chi connectivity index (χ4n) is 10.3. The predicted molar refractivity (Wildman–Crippen MR) is 241 cm³/mol. The van der Waals surface area contributed by atoms with Gasteiger partial charge in [0, 0.05) is 37.4 Å². The van der Waals surface area contributed by atoms with E-state index >= 15 is 0 Å². The van der Waals surface area contributed by atoms with Crippen LogP contribution >= 0.6 is 0 Å². The minimum atomic E-state index is -2.06. The fraction of sp³-hybridized carbons (Fsp3) is 0.750. The molecule has 0 aliphatic carbocycles. The normalized spacial score (nSPS) is 42.1. The summed E-state index contributed by atoms with van der Waals surface area (Å²) in [5.41, 5.74) is -4.34. The number of likely N-dealkylation sites (N-methyl/N-ethyl adjacent to an activating group) is 1. The molecule has 2 aromatic carbocycles. The highest BCUT2D eigenvalue weighted by atomic mass is 16.7. The second-order valence-electron chi connectivity index (χ2n) is 19.8. The summed E-state index contributed by atoms with van der Waals surface area (Å²) in [5, 5.41) is 64.7. The first-order chi connectivity index (χ1) is 29.9. The zero-order chi connectivity index (χ0) is 47.6. The molecule has 64 heavy (non-hydrogen) atoms. The Labute approximate surface area is 379 Å². The van der Waals surface area contributed by atoms with Gasteiger partial charge in [0.2, 0.25) is 0 Å². The molecule has 2 amide bonds. The van der Waals surface area contributed by atoms with Crippen molar-refractivity contribution in [2.75, 3.05) is 33.1 Å². The van der Waals surface area contributed by atoms with Gasteiger partial charge in [-0.05, 0) is 99.2 Å². The van der Waals surface area contributed by atoms with Crippen LogP contribution in [0.2, 0.25) is 0 Å². The van der Waals surface area contributed by atoms with Crippen LogP contribution in [0.25, 0.3) is 10.8 Å². The summed E-state index contributed by atoms with van der Waals surface area (Å²) in [6.45, 7) is 16.9. The monoisotopic (exact) mass is 904 g/mol. The van der Waals surface area contributed by atoms with E-state index in [0.29, 0.717) is 12.1 Å². The Morgan fingerprint density at radius 3 is 2.22 bits per heavy atom. The minimum absolute atomic E-state index is 0.00306. The molecule has 18 atom stereocenters. The number of urea groups is 1. The number of hydrogen-bond donors (Lipinski definition) is 6. The van der Waals surface area contributed by atoms with Crippen molar-refractivity contribution >= 4 is 28.5 Å². The molecule has 16 nitrogen and oxygen atoms in total. The maximum absolute atomic E-state index is 14.6. The van der Waals surface area contributed by atoms with Crippen molar-refractivity contribution in [2.45, 2.75) is 185 Å². The summed E-state index contributed by atoms with van der Waals surface area (Å²) in [4.78, 5) is 32.4. The summed E-state index contributed by atoms with van der Waals surface area (Å²) in [7, 11) is 5.22. The number of esters is 1. The van der Waals surface area contributed by atoms with E-state index in [9.17, 15) is 35.1 Å². The van der Waals surface area contributed by atoms with Crippen LogP contribution in [0.3, 0.4) is 0 Å². The third-order valence-electron chi connectivity index (χ3n) is 14.2. The van der Waals surface area contributed by atoms with Crippen LogP contribution in [-0.4, -0.2) is 165 Å². The van der Waals surface area contributed by atoms with Gasteiger partial charge < -0.3 is 69.1 Å². The number of aliphatic hydroxyl groups is 5. The molecule has 6 N–H and O–H groups in total. The zero-order valence-electron chi connectivity index (χ0n) is 40.1. The topological polar surface area (TPSA) is 209 Å². The van der Waals surface area contributed by atoms with Gasteiger partial charge in [-0.25, -0.2) is 4.79 Å². The number of carbonyl (C=O) groups excluding carboxylic acids is 2. The first-order valence-corrected chi connectivity index (χ1v) is 22.9. The van der Waals surface area contributed by atoms with Crippen LogP contribution in [0.15, 0.2) is 42.5 Å². The van der Waals surface area contributed by atoms with Crippen molar-refractivity contribution in [3.63, 3.8) is 0 Å². The van der Waals surface area contributed by atoms with Crippen LogP contribution in [0.4, 0.5) is 10.5 Å². The number of anilines is 1. The Bertz CT molecular complexity index is 1860. The lowest BCUT2D eigenvalue weighted by atomic mass is 9.77. The molecule has 3 fully saturated rings. The molecule has 0 aromatic heterocycles. The average Bonchev–Trinajstić information content (AvgIpc) is 3.24. The number of methoxy groups -OCH3 is 1. The number of aliphatic hydroxyl groups excluding tert-OH is 3. The molecular weight excluding hydrogens is 827 g/mol. The molecular formula is C48H77N3O13. The number of ether oxygens (including phenoxy) is 6. The summed E-state index contributed by atoms with van der Waals surface area (Å²) in [5.74, 6) is -3.22. The van der Waals surface area contributed by atoms with E-state index in [0.717, 1.165) is 10.8 Å². The van der Waals surface area contributed by atoms with E-state index in [2.05, 4.69) is 5.32 Å². The molecule has 0 radical (unpaired) electrons. The van der Waals surface area contributed by atoms with Gasteiger partial charge in [-0.1, -0.05) is 57.2 Å². The molecule has 16 heteroatoms. The number of cyclic esters (lactones) is 1.